The van der Waals surface area contributed by atoms with Gasteiger partial charge in [0.15, 0.2) is 0 Å². The van der Waals surface area contributed by atoms with E-state index in [1.807, 2.05) is 25.2 Å². The van der Waals surface area contributed by atoms with Crippen LogP contribution in [-0.2, 0) is 13.1 Å². The van der Waals surface area contributed by atoms with Crippen molar-refractivity contribution in [1.29, 1.82) is 0 Å². The van der Waals surface area contributed by atoms with E-state index in [1.54, 1.807) is 0 Å². The van der Waals surface area contributed by atoms with Crippen molar-refractivity contribution >= 4 is 5.82 Å². The fourth-order valence-electron chi connectivity index (χ4n) is 3.88. The zero-order valence-electron chi connectivity index (χ0n) is 17.5. The van der Waals surface area contributed by atoms with Gasteiger partial charge >= 0.3 is 0 Å². The maximum Gasteiger partial charge on any atom is 0.147 e. The van der Waals surface area contributed by atoms with Crippen LogP contribution in [0.3, 0.4) is 0 Å². The Hall–Kier alpha value is -2.83. The highest BCUT2D eigenvalue weighted by atomic mass is 19.1. The Morgan fingerprint density at radius 2 is 1.73 bits per heavy atom. The standard InChI is InChI=1S/C24H28FN5/c1-26-23-14-21(28-24(29-23)22-4-3-13-27-22)16-30(2)15-17-5-7-18(8-6-17)19-9-11-20(25)12-10-19/h5-12,14,22,27H,3-4,13,15-16H2,1-2H3,(H,26,28,29). The van der Waals surface area contributed by atoms with Crippen LogP contribution in [0.5, 0.6) is 0 Å². The molecule has 0 bridgehead atoms. The van der Waals surface area contributed by atoms with E-state index in [0.29, 0.717) is 0 Å². The molecule has 1 unspecified atom stereocenters. The lowest BCUT2D eigenvalue weighted by molar-refractivity contribution is 0.314. The Labute approximate surface area is 177 Å². The number of hydrogen-bond acceptors (Lipinski definition) is 5. The molecule has 156 valence electrons. The molecule has 2 N–H and O–H groups in total. The monoisotopic (exact) mass is 405 g/mol. The second kappa shape index (κ2) is 9.32. The molecule has 0 saturated carbocycles. The zero-order valence-corrected chi connectivity index (χ0v) is 17.5. The molecule has 2 heterocycles. The van der Waals surface area contributed by atoms with Crippen molar-refractivity contribution in [1.82, 2.24) is 20.2 Å². The minimum atomic E-state index is -0.213. The number of nitrogens with one attached hydrogen (secondary N) is 2. The van der Waals surface area contributed by atoms with E-state index in [4.69, 9.17) is 4.98 Å². The summed E-state index contributed by atoms with van der Waals surface area (Å²) in [7, 11) is 3.99. The summed E-state index contributed by atoms with van der Waals surface area (Å²) in [5.74, 6) is 1.53. The highest BCUT2D eigenvalue weighted by molar-refractivity contribution is 5.63. The van der Waals surface area contributed by atoms with Gasteiger partial charge in [0.05, 0.1) is 11.7 Å². The van der Waals surface area contributed by atoms with E-state index >= 15 is 0 Å². The van der Waals surface area contributed by atoms with Crippen LogP contribution in [0.2, 0.25) is 0 Å². The first-order chi connectivity index (χ1) is 14.6. The fourth-order valence-corrected chi connectivity index (χ4v) is 3.88. The highest BCUT2D eigenvalue weighted by Gasteiger charge is 2.20. The average molecular weight is 406 g/mol. The molecule has 1 aliphatic heterocycles. The Morgan fingerprint density at radius 3 is 2.37 bits per heavy atom. The van der Waals surface area contributed by atoms with Crippen molar-refractivity contribution in [3.8, 4) is 11.1 Å². The Kier molecular flexibility index (Phi) is 6.35. The van der Waals surface area contributed by atoms with Crippen LogP contribution in [0.15, 0.2) is 54.6 Å². The summed E-state index contributed by atoms with van der Waals surface area (Å²) in [6.07, 6.45) is 2.25. The van der Waals surface area contributed by atoms with Gasteiger partial charge in [-0.1, -0.05) is 36.4 Å². The van der Waals surface area contributed by atoms with E-state index in [9.17, 15) is 4.39 Å². The van der Waals surface area contributed by atoms with Gasteiger partial charge in [0.1, 0.15) is 17.5 Å². The third-order valence-electron chi connectivity index (χ3n) is 5.44. The van der Waals surface area contributed by atoms with Gasteiger partial charge in [-0.25, -0.2) is 14.4 Å². The maximum atomic E-state index is 13.1. The van der Waals surface area contributed by atoms with E-state index in [-0.39, 0.29) is 11.9 Å². The van der Waals surface area contributed by atoms with Crippen LogP contribution in [0.25, 0.3) is 11.1 Å². The second-order valence-corrected chi connectivity index (χ2v) is 7.88. The molecule has 5 nitrogen and oxygen atoms in total. The average Bonchev–Trinajstić information content (AvgIpc) is 3.30. The summed E-state index contributed by atoms with van der Waals surface area (Å²) in [5.41, 5.74) is 4.35. The molecule has 0 radical (unpaired) electrons. The summed E-state index contributed by atoms with van der Waals surface area (Å²) in [4.78, 5) is 11.7. The fraction of sp³-hybridized carbons (Fsp3) is 0.333. The first kappa shape index (κ1) is 20.4. The zero-order chi connectivity index (χ0) is 20.9. The molecule has 3 aromatic rings. The van der Waals surface area contributed by atoms with Crippen LogP contribution in [-0.4, -0.2) is 35.5 Å². The Balaban J connectivity index is 1.42. The third-order valence-corrected chi connectivity index (χ3v) is 5.44. The smallest absolute Gasteiger partial charge is 0.147 e. The van der Waals surface area contributed by atoms with Gasteiger partial charge in [0.2, 0.25) is 0 Å². The predicted octanol–water partition coefficient (Wildman–Crippen LogP) is 4.38. The van der Waals surface area contributed by atoms with Crippen molar-refractivity contribution in [2.45, 2.75) is 32.0 Å². The van der Waals surface area contributed by atoms with Gasteiger partial charge < -0.3 is 10.6 Å². The summed E-state index contributed by atoms with van der Waals surface area (Å²) in [6, 6.07) is 17.3. The molecular formula is C24H28FN5. The third kappa shape index (κ3) is 5.01. The summed E-state index contributed by atoms with van der Waals surface area (Å²) < 4.78 is 13.1. The minimum absolute atomic E-state index is 0.213. The largest absolute Gasteiger partial charge is 0.373 e. The number of rotatable bonds is 7. The number of anilines is 1. The van der Waals surface area contributed by atoms with Crippen LogP contribution >= 0.6 is 0 Å². The highest BCUT2D eigenvalue weighted by Crippen LogP contribution is 2.23. The predicted molar refractivity (Wildman–Crippen MR) is 119 cm³/mol. The van der Waals surface area contributed by atoms with E-state index < -0.39 is 0 Å². The lowest BCUT2D eigenvalue weighted by Gasteiger charge is -2.18. The number of aromatic nitrogens is 2. The van der Waals surface area contributed by atoms with Gasteiger partial charge in [-0.3, -0.25) is 4.90 Å². The number of halogens is 1. The van der Waals surface area contributed by atoms with Crippen molar-refractivity contribution < 1.29 is 4.39 Å². The van der Waals surface area contributed by atoms with Gasteiger partial charge in [0, 0.05) is 26.2 Å². The van der Waals surface area contributed by atoms with Gasteiger partial charge in [-0.05, 0) is 55.3 Å². The first-order valence-electron chi connectivity index (χ1n) is 10.4. The molecule has 1 aromatic heterocycles. The van der Waals surface area contributed by atoms with Crippen LogP contribution in [0.1, 0.15) is 36.0 Å². The molecular weight excluding hydrogens is 377 g/mol. The topological polar surface area (TPSA) is 53.1 Å². The number of nitrogens with zero attached hydrogens (tertiary/aromatic N) is 3. The van der Waals surface area contributed by atoms with Crippen molar-refractivity contribution in [2.24, 2.45) is 0 Å². The van der Waals surface area contributed by atoms with Crippen molar-refractivity contribution in [3.05, 3.63) is 77.5 Å². The van der Waals surface area contributed by atoms with Gasteiger partial charge in [-0.15, -0.1) is 0 Å². The second-order valence-electron chi connectivity index (χ2n) is 7.88. The molecule has 0 spiro atoms. The van der Waals surface area contributed by atoms with E-state index in [0.717, 1.165) is 54.5 Å². The normalized spacial score (nSPS) is 16.2. The molecule has 1 aliphatic rings. The molecule has 0 amide bonds. The lowest BCUT2D eigenvalue weighted by atomic mass is 10.0. The Bertz CT molecular complexity index is 966. The summed E-state index contributed by atoms with van der Waals surface area (Å²) in [6.45, 7) is 2.59. The molecule has 2 aromatic carbocycles. The lowest BCUT2D eigenvalue weighted by Crippen LogP contribution is -2.21. The van der Waals surface area contributed by atoms with Gasteiger partial charge in [-0.2, -0.15) is 0 Å². The molecule has 6 heteroatoms. The van der Waals surface area contributed by atoms with Crippen LogP contribution in [0, 0.1) is 5.82 Å². The quantitative estimate of drug-likeness (QED) is 0.611. The Morgan fingerprint density at radius 1 is 1.03 bits per heavy atom. The number of hydrogen-bond donors (Lipinski definition) is 2. The van der Waals surface area contributed by atoms with E-state index in [2.05, 4.69) is 51.8 Å². The summed E-state index contributed by atoms with van der Waals surface area (Å²) in [5, 5.41) is 6.64. The SMILES string of the molecule is CNc1cc(CN(C)Cc2ccc(-c3ccc(F)cc3)cc2)nc(C2CCCN2)n1. The minimum Gasteiger partial charge on any atom is -0.373 e. The molecule has 30 heavy (non-hydrogen) atoms. The van der Waals surface area contributed by atoms with Crippen LogP contribution < -0.4 is 10.6 Å². The van der Waals surface area contributed by atoms with E-state index in [1.165, 1.54) is 24.1 Å². The molecule has 0 aliphatic carbocycles. The van der Waals surface area contributed by atoms with Gasteiger partial charge in [0.25, 0.3) is 0 Å². The molecule has 1 atom stereocenters. The molecule has 1 saturated heterocycles. The summed E-state index contributed by atoms with van der Waals surface area (Å²) >= 11 is 0. The molecule has 1 fully saturated rings. The number of benzene rings is 2. The van der Waals surface area contributed by atoms with Crippen molar-refractivity contribution in [3.63, 3.8) is 0 Å². The maximum absolute atomic E-state index is 13.1. The van der Waals surface area contributed by atoms with Crippen LogP contribution in [0.4, 0.5) is 10.2 Å². The first-order valence-corrected chi connectivity index (χ1v) is 10.4. The van der Waals surface area contributed by atoms with Crippen molar-refractivity contribution in [2.75, 3.05) is 26.0 Å². The molecule has 4 rings (SSSR count).